The smallest absolute Gasteiger partial charge is 0.225 e. The van der Waals surface area contributed by atoms with E-state index in [2.05, 4.69) is 20.2 Å². The SMILES string of the molecule is Cc1cnc(N2CC3CNCC3C2)nc1. The highest BCUT2D eigenvalue weighted by Gasteiger charge is 2.36. The van der Waals surface area contributed by atoms with Crippen molar-refractivity contribution in [3.8, 4) is 0 Å². The molecule has 0 radical (unpaired) electrons. The molecule has 15 heavy (non-hydrogen) atoms. The van der Waals surface area contributed by atoms with Gasteiger partial charge in [0.05, 0.1) is 0 Å². The van der Waals surface area contributed by atoms with Gasteiger partial charge in [-0.1, -0.05) is 0 Å². The Labute approximate surface area is 89.7 Å². The van der Waals surface area contributed by atoms with Gasteiger partial charge in [-0.2, -0.15) is 0 Å². The first-order chi connectivity index (χ1) is 7.33. The van der Waals surface area contributed by atoms with Crippen molar-refractivity contribution < 1.29 is 0 Å². The quantitative estimate of drug-likeness (QED) is 0.720. The van der Waals surface area contributed by atoms with Gasteiger partial charge in [0.2, 0.25) is 5.95 Å². The first kappa shape index (κ1) is 9.09. The molecule has 0 bridgehead atoms. The summed E-state index contributed by atoms with van der Waals surface area (Å²) >= 11 is 0. The number of rotatable bonds is 1. The molecule has 3 rings (SSSR count). The lowest BCUT2D eigenvalue weighted by atomic mass is 10.0. The Hall–Kier alpha value is -1.16. The van der Waals surface area contributed by atoms with Gasteiger partial charge in [0.15, 0.2) is 0 Å². The lowest BCUT2D eigenvalue weighted by molar-refractivity contribution is 0.533. The lowest BCUT2D eigenvalue weighted by Crippen LogP contribution is -2.26. The third-order valence-electron chi connectivity index (χ3n) is 3.44. The van der Waals surface area contributed by atoms with Crippen LogP contribution >= 0.6 is 0 Å². The van der Waals surface area contributed by atoms with Crippen LogP contribution in [0.3, 0.4) is 0 Å². The second-order valence-electron chi connectivity index (χ2n) is 4.64. The molecule has 4 nitrogen and oxygen atoms in total. The molecule has 2 aliphatic heterocycles. The molecule has 0 aliphatic carbocycles. The van der Waals surface area contributed by atoms with E-state index < -0.39 is 0 Å². The Kier molecular flexibility index (Phi) is 2.09. The summed E-state index contributed by atoms with van der Waals surface area (Å²) in [6.07, 6.45) is 3.80. The normalized spacial score (nSPS) is 29.5. The predicted molar refractivity (Wildman–Crippen MR) is 58.8 cm³/mol. The molecule has 0 aromatic carbocycles. The zero-order chi connectivity index (χ0) is 10.3. The molecule has 1 N–H and O–H groups in total. The van der Waals surface area contributed by atoms with Crippen LogP contribution < -0.4 is 10.2 Å². The second-order valence-corrected chi connectivity index (χ2v) is 4.64. The molecule has 1 aromatic rings. The van der Waals surface area contributed by atoms with Gasteiger partial charge < -0.3 is 10.2 Å². The van der Waals surface area contributed by atoms with Gasteiger partial charge >= 0.3 is 0 Å². The fourth-order valence-electron chi connectivity index (χ4n) is 2.57. The van der Waals surface area contributed by atoms with Crippen LogP contribution in [-0.4, -0.2) is 36.1 Å². The molecule has 2 atom stereocenters. The van der Waals surface area contributed by atoms with Crippen LogP contribution in [0.25, 0.3) is 0 Å². The Balaban J connectivity index is 1.76. The molecule has 4 heteroatoms. The average Bonchev–Trinajstić information content (AvgIpc) is 2.78. The van der Waals surface area contributed by atoms with Crippen LogP contribution in [0.5, 0.6) is 0 Å². The first-order valence-corrected chi connectivity index (χ1v) is 5.57. The fourth-order valence-corrected chi connectivity index (χ4v) is 2.57. The molecule has 2 unspecified atom stereocenters. The van der Waals surface area contributed by atoms with Gasteiger partial charge in [-0.25, -0.2) is 9.97 Å². The van der Waals surface area contributed by atoms with E-state index in [1.807, 2.05) is 19.3 Å². The largest absolute Gasteiger partial charge is 0.340 e. The Morgan fingerprint density at radius 1 is 1.20 bits per heavy atom. The molecule has 3 heterocycles. The molecule has 1 aromatic heterocycles. The van der Waals surface area contributed by atoms with E-state index in [1.165, 1.54) is 0 Å². The topological polar surface area (TPSA) is 41.1 Å². The van der Waals surface area contributed by atoms with E-state index in [0.717, 1.165) is 49.5 Å². The van der Waals surface area contributed by atoms with Crippen molar-refractivity contribution in [3.05, 3.63) is 18.0 Å². The summed E-state index contributed by atoms with van der Waals surface area (Å²) in [6.45, 7) is 6.56. The van der Waals surface area contributed by atoms with Crippen LogP contribution in [-0.2, 0) is 0 Å². The van der Waals surface area contributed by atoms with Crippen LogP contribution in [0.4, 0.5) is 5.95 Å². The van der Waals surface area contributed by atoms with Crippen LogP contribution in [0.15, 0.2) is 12.4 Å². The summed E-state index contributed by atoms with van der Waals surface area (Å²) in [6, 6.07) is 0. The highest BCUT2D eigenvalue weighted by atomic mass is 15.3. The highest BCUT2D eigenvalue weighted by molar-refractivity contribution is 5.32. The number of nitrogens with zero attached hydrogens (tertiary/aromatic N) is 3. The molecule has 2 saturated heterocycles. The first-order valence-electron chi connectivity index (χ1n) is 5.57. The van der Waals surface area contributed by atoms with Crippen molar-refractivity contribution in [1.29, 1.82) is 0 Å². The van der Waals surface area contributed by atoms with Crippen molar-refractivity contribution in [2.45, 2.75) is 6.92 Å². The number of fused-ring (bicyclic) bond motifs is 1. The standard InChI is InChI=1S/C11H16N4/c1-8-2-13-11(14-3-8)15-6-9-4-12-5-10(9)7-15/h2-3,9-10,12H,4-7H2,1H3. The molecular weight excluding hydrogens is 188 g/mol. The number of hydrogen-bond acceptors (Lipinski definition) is 4. The lowest BCUT2D eigenvalue weighted by Gasteiger charge is -2.16. The minimum Gasteiger partial charge on any atom is -0.340 e. The monoisotopic (exact) mass is 204 g/mol. The predicted octanol–water partition coefficient (Wildman–Crippen LogP) is 0.441. The van der Waals surface area contributed by atoms with Gasteiger partial charge in [-0.15, -0.1) is 0 Å². The number of nitrogens with one attached hydrogen (secondary N) is 1. The maximum absolute atomic E-state index is 4.38. The van der Waals surface area contributed by atoms with Crippen molar-refractivity contribution in [2.75, 3.05) is 31.1 Å². The number of aromatic nitrogens is 2. The van der Waals surface area contributed by atoms with Crippen LogP contribution in [0.1, 0.15) is 5.56 Å². The van der Waals surface area contributed by atoms with Crippen LogP contribution in [0.2, 0.25) is 0 Å². The van der Waals surface area contributed by atoms with Gasteiger partial charge in [-0.3, -0.25) is 0 Å². The second kappa shape index (κ2) is 3.45. The van der Waals surface area contributed by atoms with Crippen LogP contribution in [0, 0.1) is 18.8 Å². The van der Waals surface area contributed by atoms with Gasteiger partial charge in [0.1, 0.15) is 0 Å². The van der Waals surface area contributed by atoms with Crippen molar-refractivity contribution in [1.82, 2.24) is 15.3 Å². The van der Waals surface area contributed by atoms with Crippen molar-refractivity contribution in [3.63, 3.8) is 0 Å². The summed E-state index contributed by atoms with van der Waals surface area (Å²) in [5.74, 6) is 2.50. The zero-order valence-electron chi connectivity index (χ0n) is 8.98. The Morgan fingerprint density at radius 2 is 1.80 bits per heavy atom. The number of aryl methyl sites for hydroxylation is 1. The summed E-state index contributed by atoms with van der Waals surface area (Å²) in [5, 5.41) is 3.44. The third-order valence-corrected chi connectivity index (χ3v) is 3.44. The average molecular weight is 204 g/mol. The molecule has 0 amide bonds. The molecular formula is C11H16N4. The van der Waals surface area contributed by atoms with E-state index in [0.29, 0.717) is 0 Å². The van der Waals surface area contributed by atoms with Crippen molar-refractivity contribution >= 4 is 5.95 Å². The number of hydrogen-bond donors (Lipinski definition) is 1. The molecule has 2 fully saturated rings. The van der Waals surface area contributed by atoms with E-state index >= 15 is 0 Å². The highest BCUT2D eigenvalue weighted by Crippen LogP contribution is 2.28. The van der Waals surface area contributed by atoms with E-state index in [1.54, 1.807) is 0 Å². The van der Waals surface area contributed by atoms with E-state index in [9.17, 15) is 0 Å². The maximum Gasteiger partial charge on any atom is 0.225 e. The molecule has 0 saturated carbocycles. The van der Waals surface area contributed by atoms with Gasteiger partial charge in [0, 0.05) is 38.6 Å². The minimum atomic E-state index is 0.801. The zero-order valence-corrected chi connectivity index (χ0v) is 8.98. The fraction of sp³-hybridized carbons (Fsp3) is 0.636. The summed E-state index contributed by atoms with van der Waals surface area (Å²) in [5.41, 5.74) is 1.12. The van der Waals surface area contributed by atoms with E-state index in [-0.39, 0.29) is 0 Å². The molecule has 0 spiro atoms. The van der Waals surface area contributed by atoms with Crippen molar-refractivity contribution in [2.24, 2.45) is 11.8 Å². The summed E-state index contributed by atoms with van der Waals surface area (Å²) in [4.78, 5) is 11.1. The maximum atomic E-state index is 4.38. The minimum absolute atomic E-state index is 0.801. The molecule has 2 aliphatic rings. The third kappa shape index (κ3) is 1.59. The summed E-state index contributed by atoms with van der Waals surface area (Å²) < 4.78 is 0. The van der Waals surface area contributed by atoms with Gasteiger partial charge in [-0.05, 0) is 24.3 Å². The molecule has 80 valence electrons. The summed E-state index contributed by atoms with van der Waals surface area (Å²) in [7, 11) is 0. The Morgan fingerprint density at radius 3 is 2.40 bits per heavy atom. The number of anilines is 1. The van der Waals surface area contributed by atoms with E-state index in [4.69, 9.17) is 0 Å². The Bertz CT molecular complexity index is 336. The van der Waals surface area contributed by atoms with Gasteiger partial charge in [0.25, 0.3) is 0 Å².